The van der Waals surface area contributed by atoms with Gasteiger partial charge in [-0.25, -0.2) is 0 Å². The van der Waals surface area contributed by atoms with E-state index in [1.165, 1.54) is 24.5 Å². The second-order valence-electron chi connectivity index (χ2n) is 4.36. The third-order valence-corrected chi connectivity index (χ3v) is 3.02. The molecule has 104 valence electrons. The van der Waals surface area contributed by atoms with Crippen LogP contribution in [0.4, 0.5) is 0 Å². The maximum atomic E-state index is 12.4. The molecule has 3 rings (SSSR count). The molecule has 0 aliphatic heterocycles. The molecule has 5 nitrogen and oxygen atoms in total. The Hall–Kier alpha value is -2.18. The predicted molar refractivity (Wildman–Crippen MR) is 80.9 cm³/mol. The summed E-state index contributed by atoms with van der Waals surface area (Å²) in [4.78, 5) is 12.4. The molecule has 0 radical (unpaired) electrons. The molecule has 0 unspecified atom stereocenters. The smallest absolute Gasteiger partial charge is 1.00 e. The average molecular weight is 297 g/mol. The Kier molecular flexibility index (Phi) is 4.10. The minimum absolute atomic E-state index is 0. The van der Waals surface area contributed by atoms with E-state index in [1.54, 1.807) is 12.1 Å². The molecule has 0 atom stereocenters. The second kappa shape index (κ2) is 5.67. The van der Waals surface area contributed by atoms with Gasteiger partial charge in [0.1, 0.15) is 34.5 Å². The predicted octanol–water partition coefficient (Wildman–Crippen LogP) is 2.42. The fourth-order valence-electron chi connectivity index (χ4n) is 2.06. The molecular weight excluding hydrogens is 284 g/mol. The summed E-state index contributed by atoms with van der Waals surface area (Å²) in [5.41, 5.74) is 0.522. The van der Waals surface area contributed by atoms with E-state index in [9.17, 15) is 20.1 Å². The summed E-state index contributed by atoms with van der Waals surface area (Å²) in [5, 5.41) is 28.4. The third-order valence-electron chi connectivity index (χ3n) is 3.02. The Balaban J connectivity index is 0.00000161. The van der Waals surface area contributed by atoms with Crippen LogP contribution in [0.3, 0.4) is 0 Å². The van der Waals surface area contributed by atoms with Gasteiger partial charge in [0.2, 0.25) is 5.43 Å². The summed E-state index contributed by atoms with van der Waals surface area (Å²) in [7, 11) is 0. The molecule has 0 saturated carbocycles. The van der Waals surface area contributed by atoms with Crippen molar-refractivity contribution in [2.24, 2.45) is 0 Å². The van der Waals surface area contributed by atoms with Crippen molar-refractivity contribution in [2.45, 2.75) is 0 Å². The van der Waals surface area contributed by atoms with E-state index >= 15 is 0 Å². The summed E-state index contributed by atoms with van der Waals surface area (Å²) in [6.07, 6.45) is 1.26. The van der Waals surface area contributed by atoms with E-state index < -0.39 is 5.43 Å². The van der Waals surface area contributed by atoms with Gasteiger partial charge in [0.05, 0.1) is 5.56 Å². The van der Waals surface area contributed by atoms with Crippen LogP contribution in [0.1, 0.15) is 2.85 Å². The van der Waals surface area contributed by atoms with Crippen LogP contribution in [0.5, 0.6) is 17.2 Å². The largest absolute Gasteiger partial charge is 2.00 e. The quantitative estimate of drug-likeness (QED) is 0.600. The normalized spacial score (nSPS) is 10.3. The molecule has 0 spiro atoms. The molecule has 0 aliphatic rings. The molecule has 0 aliphatic carbocycles. The first-order valence-corrected chi connectivity index (χ1v) is 5.83. The van der Waals surface area contributed by atoms with Crippen molar-refractivity contribution in [2.75, 3.05) is 0 Å². The molecule has 21 heavy (non-hydrogen) atoms. The van der Waals surface area contributed by atoms with Crippen LogP contribution in [-0.2, 0) is 0 Å². The molecule has 0 fully saturated rings. The van der Waals surface area contributed by atoms with E-state index in [0.717, 1.165) is 6.07 Å². The number of hydrogen-bond donors (Lipinski definition) is 3. The molecule has 3 aromatic rings. The molecule has 0 saturated heterocycles. The zero-order valence-corrected chi connectivity index (χ0v) is 12.3. The first-order chi connectivity index (χ1) is 9.56. The van der Waals surface area contributed by atoms with E-state index in [1.807, 2.05) is 0 Å². The maximum Gasteiger partial charge on any atom is 2.00 e. The van der Waals surface area contributed by atoms with Crippen molar-refractivity contribution in [3.63, 3.8) is 0 Å². The van der Waals surface area contributed by atoms with Crippen LogP contribution in [0.15, 0.2) is 51.9 Å². The van der Waals surface area contributed by atoms with E-state index in [-0.39, 0.29) is 59.7 Å². The zero-order chi connectivity index (χ0) is 14.3. The summed E-state index contributed by atoms with van der Waals surface area (Å²) < 4.78 is 5.29. The minimum atomic E-state index is -0.408. The van der Waals surface area contributed by atoms with Gasteiger partial charge in [-0.1, -0.05) is 12.1 Å². The molecule has 0 bridgehead atoms. The monoisotopic (exact) mass is 296 g/mol. The van der Waals surface area contributed by atoms with Gasteiger partial charge in [-0.15, -0.1) is 0 Å². The topological polar surface area (TPSA) is 90.9 Å². The first kappa shape index (κ1) is 15.2. The van der Waals surface area contributed by atoms with Crippen molar-refractivity contribution in [1.82, 2.24) is 0 Å². The minimum Gasteiger partial charge on any atom is -1.00 e. The van der Waals surface area contributed by atoms with Crippen LogP contribution in [0.25, 0.3) is 22.1 Å². The Bertz CT molecular complexity index is 862. The summed E-state index contributed by atoms with van der Waals surface area (Å²) in [6, 6.07) is 8.40. The molecule has 0 amide bonds. The van der Waals surface area contributed by atoms with Crippen LogP contribution in [-0.4, -0.2) is 38.4 Å². The number of aromatic hydroxyl groups is 3. The van der Waals surface area contributed by atoms with E-state index in [2.05, 4.69) is 0 Å². The fraction of sp³-hybridized carbons (Fsp3) is 0. The van der Waals surface area contributed by atoms with Gasteiger partial charge in [-0.05, 0) is 17.7 Å². The summed E-state index contributed by atoms with van der Waals surface area (Å²) in [6.45, 7) is 0. The standard InChI is InChI=1S/C15H10O5.Mg.2H/c16-9-3-1-8(2-4-9)11-7-20-13-6-10(17)5-12(18)14(13)15(11)19;;;/h1-7,16-18H;;;/q;+2;2*-1. The van der Waals surface area contributed by atoms with Gasteiger partial charge >= 0.3 is 23.1 Å². The van der Waals surface area contributed by atoms with Gasteiger partial charge in [-0.2, -0.15) is 0 Å². The SMILES string of the molecule is O=c1c(-c2ccc(O)cc2)coc2cc(O)cc(O)c12.[H-].[H-].[Mg+2]. The van der Waals surface area contributed by atoms with Crippen molar-refractivity contribution >= 4 is 34.0 Å². The Morgan fingerprint density at radius 3 is 2.29 bits per heavy atom. The van der Waals surface area contributed by atoms with Crippen molar-refractivity contribution in [3.8, 4) is 28.4 Å². The number of phenolic OH excluding ortho intramolecular Hbond substituents is 3. The van der Waals surface area contributed by atoms with E-state index in [0.29, 0.717) is 5.56 Å². The Morgan fingerprint density at radius 2 is 1.62 bits per heavy atom. The summed E-state index contributed by atoms with van der Waals surface area (Å²) in [5.74, 6) is -0.434. The first-order valence-electron chi connectivity index (χ1n) is 5.83. The van der Waals surface area contributed by atoms with Crippen LogP contribution in [0.2, 0.25) is 0 Å². The number of hydrogen-bond acceptors (Lipinski definition) is 5. The van der Waals surface area contributed by atoms with Crippen LogP contribution >= 0.6 is 0 Å². The molecule has 1 heterocycles. The zero-order valence-electron chi connectivity index (χ0n) is 12.9. The average Bonchev–Trinajstić information content (AvgIpc) is 2.39. The molecule has 1 aromatic heterocycles. The van der Waals surface area contributed by atoms with Gasteiger partial charge < -0.3 is 22.6 Å². The Labute approximate surface area is 138 Å². The number of rotatable bonds is 1. The maximum absolute atomic E-state index is 12.4. The molecule has 2 aromatic carbocycles. The van der Waals surface area contributed by atoms with Crippen molar-refractivity contribution < 1.29 is 22.6 Å². The van der Waals surface area contributed by atoms with Gasteiger partial charge in [-0.3, -0.25) is 4.79 Å². The van der Waals surface area contributed by atoms with Gasteiger partial charge in [0, 0.05) is 12.1 Å². The number of phenols is 3. The summed E-state index contributed by atoms with van der Waals surface area (Å²) >= 11 is 0. The van der Waals surface area contributed by atoms with Crippen molar-refractivity contribution in [1.29, 1.82) is 0 Å². The Morgan fingerprint density at radius 1 is 0.952 bits per heavy atom. The molecule has 3 N–H and O–H groups in total. The number of fused-ring (bicyclic) bond motifs is 1. The molecular formula is C15H12MgO5. The molecule has 6 heteroatoms. The van der Waals surface area contributed by atoms with Gasteiger partial charge in [0.15, 0.2) is 0 Å². The van der Waals surface area contributed by atoms with E-state index in [4.69, 9.17) is 4.42 Å². The van der Waals surface area contributed by atoms with Crippen LogP contribution in [0, 0.1) is 0 Å². The fourth-order valence-corrected chi connectivity index (χ4v) is 2.06. The third kappa shape index (κ3) is 2.68. The van der Waals surface area contributed by atoms with Crippen LogP contribution < -0.4 is 5.43 Å². The number of benzene rings is 2. The second-order valence-corrected chi connectivity index (χ2v) is 4.36. The van der Waals surface area contributed by atoms with Crippen molar-refractivity contribution in [3.05, 3.63) is 52.9 Å². The van der Waals surface area contributed by atoms with Gasteiger partial charge in [0.25, 0.3) is 0 Å².